The zero-order chi connectivity index (χ0) is 20.2. The van der Waals surface area contributed by atoms with E-state index in [0.29, 0.717) is 23.9 Å². The van der Waals surface area contributed by atoms with Crippen LogP contribution in [-0.4, -0.2) is 24.1 Å². The number of imidazole rings is 1. The van der Waals surface area contributed by atoms with Crippen molar-refractivity contribution in [2.45, 2.75) is 24.1 Å². The van der Waals surface area contributed by atoms with Crippen molar-refractivity contribution in [2.75, 3.05) is 0 Å². The molecule has 0 aliphatic carbocycles. The summed E-state index contributed by atoms with van der Waals surface area (Å²) < 4.78 is 22.8. The number of rotatable bonds is 8. The molecule has 0 saturated carbocycles. The molecule has 0 radical (unpaired) electrons. The number of hydrogen-bond donors (Lipinski definition) is 0. The van der Waals surface area contributed by atoms with Crippen LogP contribution in [0.1, 0.15) is 11.5 Å². The molecule has 0 unspecified atom stereocenters. The lowest BCUT2D eigenvalue weighted by Gasteiger charge is -2.10. The second-order valence-electron chi connectivity index (χ2n) is 6.15. The first-order valence-corrected chi connectivity index (χ1v) is 10.2. The molecule has 0 bridgehead atoms. The highest BCUT2D eigenvalue weighted by molar-refractivity contribution is 7.98. The summed E-state index contributed by atoms with van der Waals surface area (Å²) >= 11 is 7.55. The summed E-state index contributed by atoms with van der Waals surface area (Å²) in [6, 6.07) is 9.88. The van der Waals surface area contributed by atoms with Gasteiger partial charge in [-0.2, -0.15) is 0 Å². The standard InChI is InChI=1S/C20H17ClFN5OS/c1-2-8-27-19(12-28-17-7-6-14(22)10-16(17)21)24-25-20(27)29-13-15-11-26-9-4-3-5-18(26)23-15/h2-7,9-11H,1,8,12-13H2. The summed E-state index contributed by atoms with van der Waals surface area (Å²) in [6.45, 7) is 4.49. The lowest BCUT2D eigenvalue weighted by molar-refractivity contribution is 0.289. The molecule has 148 valence electrons. The van der Waals surface area contributed by atoms with Gasteiger partial charge in [-0.15, -0.1) is 16.8 Å². The first kappa shape index (κ1) is 19.5. The minimum absolute atomic E-state index is 0.154. The SMILES string of the molecule is C=CCn1c(COc2ccc(F)cc2Cl)nnc1SCc1cn2ccccc2n1. The van der Waals surface area contributed by atoms with E-state index in [1.165, 1.54) is 30.0 Å². The van der Waals surface area contributed by atoms with Crippen molar-refractivity contribution in [3.63, 3.8) is 0 Å². The molecule has 0 aliphatic heterocycles. The van der Waals surface area contributed by atoms with E-state index in [-0.39, 0.29) is 11.6 Å². The Bertz CT molecular complexity index is 1130. The fourth-order valence-corrected chi connectivity index (χ4v) is 3.85. The lowest BCUT2D eigenvalue weighted by Crippen LogP contribution is -2.07. The Morgan fingerprint density at radius 3 is 2.93 bits per heavy atom. The summed E-state index contributed by atoms with van der Waals surface area (Å²) in [6.07, 6.45) is 5.73. The van der Waals surface area contributed by atoms with E-state index in [4.69, 9.17) is 16.3 Å². The van der Waals surface area contributed by atoms with Crippen LogP contribution < -0.4 is 4.74 Å². The van der Waals surface area contributed by atoms with Crippen LogP contribution in [0, 0.1) is 5.82 Å². The van der Waals surface area contributed by atoms with Crippen LogP contribution in [0.3, 0.4) is 0 Å². The summed E-state index contributed by atoms with van der Waals surface area (Å²) in [5.74, 6) is 1.26. The molecule has 0 fully saturated rings. The minimum atomic E-state index is -0.414. The Kier molecular flexibility index (Phi) is 5.82. The smallest absolute Gasteiger partial charge is 0.191 e. The van der Waals surface area contributed by atoms with Gasteiger partial charge in [0, 0.05) is 24.7 Å². The molecule has 1 aromatic carbocycles. The Morgan fingerprint density at radius 2 is 2.14 bits per heavy atom. The van der Waals surface area contributed by atoms with Gasteiger partial charge >= 0.3 is 0 Å². The topological polar surface area (TPSA) is 57.2 Å². The maximum Gasteiger partial charge on any atom is 0.191 e. The van der Waals surface area contributed by atoms with Crippen LogP contribution in [0.15, 0.2) is 66.6 Å². The Labute approximate surface area is 176 Å². The van der Waals surface area contributed by atoms with Crippen LogP contribution in [0.5, 0.6) is 5.75 Å². The number of hydrogen-bond acceptors (Lipinski definition) is 5. The molecule has 0 spiro atoms. The molecule has 4 aromatic rings. The minimum Gasteiger partial charge on any atom is -0.484 e. The number of thioether (sulfide) groups is 1. The normalized spacial score (nSPS) is 11.1. The third-order valence-corrected chi connectivity index (χ3v) is 5.41. The van der Waals surface area contributed by atoms with Crippen LogP contribution >= 0.6 is 23.4 Å². The van der Waals surface area contributed by atoms with Gasteiger partial charge in [-0.1, -0.05) is 35.5 Å². The quantitative estimate of drug-likeness (QED) is 0.298. The number of aromatic nitrogens is 5. The molecule has 0 amide bonds. The Balaban J connectivity index is 1.47. The molecule has 0 atom stereocenters. The summed E-state index contributed by atoms with van der Waals surface area (Å²) in [5.41, 5.74) is 1.85. The molecular weight excluding hydrogens is 413 g/mol. The Hall–Kier alpha value is -2.84. The highest BCUT2D eigenvalue weighted by atomic mass is 35.5. The average Bonchev–Trinajstić information content (AvgIpc) is 3.29. The summed E-state index contributed by atoms with van der Waals surface area (Å²) in [7, 11) is 0. The number of fused-ring (bicyclic) bond motifs is 1. The third kappa shape index (κ3) is 4.44. The number of benzene rings is 1. The van der Waals surface area contributed by atoms with Crippen LogP contribution in [-0.2, 0) is 18.9 Å². The second-order valence-corrected chi connectivity index (χ2v) is 7.50. The van der Waals surface area contributed by atoms with E-state index in [1.807, 2.05) is 39.6 Å². The van der Waals surface area contributed by atoms with Crippen molar-refractivity contribution in [3.05, 3.63) is 83.8 Å². The number of halogens is 2. The van der Waals surface area contributed by atoms with Gasteiger partial charge in [-0.25, -0.2) is 9.37 Å². The highest BCUT2D eigenvalue weighted by Gasteiger charge is 2.14. The fraction of sp³-hybridized carbons (Fsp3) is 0.150. The van der Waals surface area contributed by atoms with Gasteiger partial charge in [-0.05, 0) is 30.3 Å². The van der Waals surface area contributed by atoms with Gasteiger partial charge in [-0.3, -0.25) is 4.57 Å². The third-order valence-electron chi connectivity index (χ3n) is 4.12. The molecule has 6 nitrogen and oxygen atoms in total. The van der Waals surface area contributed by atoms with Crippen molar-refractivity contribution in [1.82, 2.24) is 24.1 Å². The van der Waals surface area contributed by atoms with E-state index in [9.17, 15) is 4.39 Å². The number of pyridine rings is 1. The van der Waals surface area contributed by atoms with Crippen molar-refractivity contribution < 1.29 is 9.13 Å². The maximum absolute atomic E-state index is 13.2. The van der Waals surface area contributed by atoms with Gasteiger partial charge in [0.15, 0.2) is 11.0 Å². The van der Waals surface area contributed by atoms with Crippen molar-refractivity contribution >= 4 is 29.0 Å². The summed E-state index contributed by atoms with van der Waals surface area (Å²) in [4.78, 5) is 4.60. The fourth-order valence-electron chi connectivity index (χ4n) is 2.77. The van der Waals surface area contributed by atoms with Crippen molar-refractivity contribution in [3.8, 4) is 5.75 Å². The lowest BCUT2D eigenvalue weighted by atomic mass is 10.3. The summed E-state index contributed by atoms with van der Waals surface area (Å²) in [5, 5.41) is 9.45. The predicted molar refractivity (Wildman–Crippen MR) is 111 cm³/mol. The van der Waals surface area contributed by atoms with E-state index in [0.717, 1.165) is 16.5 Å². The monoisotopic (exact) mass is 429 g/mol. The molecule has 3 aromatic heterocycles. The van der Waals surface area contributed by atoms with Crippen molar-refractivity contribution in [1.29, 1.82) is 0 Å². The van der Waals surface area contributed by atoms with E-state index >= 15 is 0 Å². The molecule has 9 heteroatoms. The van der Waals surface area contributed by atoms with Crippen LogP contribution in [0.4, 0.5) is 4.39 Å². The molecule has 0 aliphatic rings. The van der Waals surface area contributed by atoms with Crippen LogP contribution in [0.25, 0.3) is 5.65 Å². The van der Waals surface area contributed by atoms with E-state index < -0.39 is 5.82 Å². The molecule has 29 heavy (non-hydrogen) atoms. The molecule has 0 N–H and O–H groups in total. The zero-order valence-electron chi connectivity index (χ0n) is 15.3. The Morgan fingerprint density at radius 1 is 1.24 bits per heavy atom. The molecule has 4 rings (SSSR count). The zero-order valence-corrected chi connectivity index (χ0v) is 16.9. The highest BCUT2D eigenvalue weighted by Crippen LogP contribution is 2.27. The number of allylic oxidation sites excluding steroid dienone is 1. The molecular formula is C20H17ClFN5OS. The first-order chi connectivity index (χ1) is 14.1. The average molecular weight is 430 g/mol. The van der Waals surface area contributed by atoms with Crippen molar-refractivity contribution in [2.24, 2.45) is 0 Å². The van der Waals surface area contributed by atoms with Crippen LogP contribution in [0.2, 0.25) is 5.02 Å². The predicted octanol–water partition coefficient (Wildman–Crippen LogP) is 4.78. The van der Waals surface area contributed by atoms with Gasteiger partial charge in [0.1, 0.15) is 23.8 Å². The molecule has 0 saturated heterocycles. The van der Waals surface area contributed by atoms with Gasteiger partial charge < -0.3 is 9.14 Å². The van der Waals surface area contributed by atoms with Gasteiger partial charge in [0.2, 0.25) is 0 Å². The van der Waals surface area contributed by atoms with Gasteiger partial charge in [0.05, 0.1) is 10.7 Å². The number of ether oxygens (including phenoxy) is 1. The maximum atomic E-state index is 13.2. The largest absolute Gasteiger partial charge is 0.484 e. The molecule has 3 heterocycles. The first-order valence-electron chi connectivity index (χ1n) is 8.80. The van der Waals surface area contributed by atoms with E-state index in [2.05, 4.69) is 21.8 Å². The second kappa shape index (κ2) is 8.67. The van der Waals surface area contributed by atoms with Gasteiger partial charge in [0.25, 0.3) is 0 Å². The number of nitrogens with zero attached hydrogens (tertiary/aromatic N) is 5. The van der Waals surface area contributed by atoms with E-state index in [1.54, 1.807) is 6.08 Å².